The molecule has 0 bridgehead atoms. The highest BCUT2D eigenvalue weighted by Crippen LogP contribution is 2.19. The number of nitrogens with one attached hydrogen (secondary N) is 1. The Morgan fingerprint density at radius 3 is 2.86 bits per heavy atom. The van der Waals surface area contributed by atoms with Crippen LogP contribution in [-0.2, 0) is 6.42 Å². The van der Waals surface area contributed by atoms with Crippen LogP contribution in [-0.4, -0.2) is 23.2 Å². The van der Waals surface area contributed by atoms with Crippen LogP contribution < -0.4 is 10.9 Å². The van der Waals surface area contributed by atoms with Crippen molar-refractivity contribution in [2.75, 3.05) is 7.05 Å². The van der Waals surface area contributed by atoms with Gasteiger partial charge in [-0.3, -0.25) is 0 Å². The lowest BCUT2D eigenvalue weighted by atomic mass is 10.2. The maximum atomic E-state index is 12.0. The van der Waals surface area contributed by atoms with E-state index in [4.69, 9.17) is 8.94 Å². The highest BCUT2D eigenvalue weighted by Gasteiger charge is 2.15. The molecule has 0 saturated heterocycles. The molecule has 0 spiro atoms. The summed E-state index contributed by atoms with van der Waals surface area (Å²) in [4.78, 5) is 16.3. The van der Waals surface area contributed by atoms with Gasteiger partial charge in [-0.25, -0.2) is 4.79 Å². The highest BCUT2D eigenvalue weighted by molar-refractivity contribution is 5.85. The Balaban J connectivity index is 0.00000176. The van der Waals surface area contributed by atoms with Crippen LogP contribution in [0.25, 0.3) is 22.4 Å². The van der Waals surface area contributed by atoms with Crippen LogP contribution in [0.2, 0.25) is 0 Å². The van der Waals surface area contributed by atoms with Gasteiger partial charge < -0.3 is 14.3 Å². The number of para-hydroxylation sites is 1. The first-order chi connectivity index (χ1) is 10.2. The van der Waals surface area contributed by atoms with E-state index in [1.807, 2.05) is 32.2 Å². The third-order valence-corrected chi connectivity index (χ3v) is 3.32. The maximum Gasteiger partial charge on any atom is 0.349 e. The summed E-state index contributed by atoms with van der Waals surface area (Å²) in [5, 5.41) is 7.81. The third-order valence-electron chi connectivity index (χ3n) is 3.32. The molecule has 1 atom stereocenters. The molecule has 0 aliphatic rings. The van der Waals surface area contributed by atoms with Crippen molar-refractivity contribution in [2.45, 2.75) is 19.4 Å². The number of aromatic nitrogens is 2. The third kappa shape index (κ3) is 3.18. The summed E-state index contributed by atoms with van der Waals surface area (Å²) in [5.74, 6) is 0.743. The van der Waals surface area contributed by atoms with Gasteiger partial charge in [-0.05, 0) is 26.1 Å². The lowest BCUT2D eigenvalue weighted by Gasteiger charge is -2.04. The summed E-state index contributed by atoms with van der Waals surface area (Å²) in [7, 11) is 1.86. The van der Waals surface area contributed by atoms with E-state index in [0.717, 1.165) is 5.39 Å². The van der Waals surface area contributed by atoms with Crippen molar-refractivity contribution in [3.63, 3.8) is 0 Å². The Morgan fingerprint density at radius 1 is 1.32 bits per heavy atom. The second-order valence-electron chi connectivity index (χ2n) is 4.89. The Kier molecular flexibility index (Phi) is 4.95. The summed E-state index contributed by atoms with van der Waals surface area (Å²) in [6, 6.07) is 9.23. The highest BCUT2D eigenvalue weighted by atomic mass is 35.5. The molecule has 7 heteroatoms. The predicted octanol–water partition coefficient (Wildman–Crippen LogP) is 2.42. The van der Waals surface area contributed by atoms with Crippen LogP contribution in [0.3, 0.4) is 0 Å². The van der Waals surface area contributed by atoms with E-state index < -0.39 is 5.63 Å². The maximum absolute atomic E-state index is 12.0. The fraction of sp³-hybridized carbons (Fsp3) is 0.267. The minimum Gasteiger partial charge on any atom is -0.422 e. The van der Waals surface area contributed by atoms with Crippen LogP contribution in [0.1, 0.15) is 12.7 Å². The van der Waals surface area contributed by atoms with Gasteiger partial charge >= 0.3 is 5.63 Å². The van der Waals surface area contributed by atoms with Crippen molar-refractivity contribution < 1.29 is 8.94 Å². The number of halogens is 1. The first-order valence-electron chi connectivity index (χ1n) is 6.70. The number of hydrogen-bond acceptors (Lipinski definition) is 6. The van der Waals surface area contributed by atoms with Crippen molar-refractivity contribution in [3.05, 3.63) is 46.6 Å². The van der Waals surface area contributed by atoms with Crippen LogP contribution in [0.5, 0.6) is 0 Å². The van der Waals surface area contributed by atoms with Crippen molar-refractivity contribution in [2.24, 2.45) is 0 Å². The quantitative estimate of drug-likeness (QED) is 0.743. The van der Waals surface area contributed by atoms with Crippen LogP contribution in [0.15, 0.2) is 44.1 Å². The van der Waals surface area contributed by atoms with E-state index in [1.165, 1.54) is 0 Å². The molecule has 3 rings (SSSR count). The van der Waals surface area contributed by atoms with Crippen molar-refractivity contribution in [3.8, 4) is 11.5 Å². The lowest BCUT2D eigenvalue weighted by Crippen LogP contribution is -2.24. The van der Waals surface area contributed by atoms with Crippen molar-refractivity contribution in [1.29, 1.82) is 0 Å². The molecule has 0 saturated carbocycles. The van der Waals surface area contributed by atoms with Crippen molar-refractivity contribution in [1.82, 2.24) is 15.5 Å². The zero-order valence-corrected chi connectivity index (χ0v) is 13.0. The van der Waals surface area contributed by atoms with Gasteiger partial charge in [-0.2, -0.15) is 4.98 Å². The molecule has 0 fully saturated rings. The monoisotopic (exact) mass is 321 g/mol. The molecular weight excluding hydrogens is 306 g/mol. The number of rotatable bonds is 4. The molecule has 1 aromatic carbocycles. The molecule has 0 radical (unpaired) electrons. The van der Waals surface area contributed by atoms with Crippen LogP contribution in [0, 0.1) is 0 Å². The van der Waals surface area contributed by atoms with Crippen molar-refractivity contribution >= 4 is 23.4 Å². The first-order valence-corrected chi connectivity index (χ1v) is 6.70. The summed E-state index contributed by atoms with van der Waals surface area (Å²) in [6.07, 6.45) is 0.624. The van der Waals surface area contributed by atoms with Gasteiger partial charge in [0.1, 0.15) is 11.1 Å². The van der Waals surface area contributed by atoms with Crippen LogP contribution >= 0.6 is 12.4 Å². The molecule has 6 nitrogen and oxygen atoms in total. The molecule has 0 amide bonds. The topological polar surface area (TPSA) is 81.2 Å². The van der Waals surface area contributed by atoms with Gasteiger partial charge in [0.15, 0.2) is 5.82 Å². The van der Waals surface area contributed by atoms with E-state index in [0.29, 0.717) is 17.8 Å². The van der Waals surface area contributed by atoms with Crippen LogP contribution in [0.4, 0.5) is 0 Å². The normalized spacial score (nSPS) is 12.1. The predicted molar refractivity (Wildman–Crippen MR) is 85.2 cm³/mol. The Morgan fingerprint density at radius 2 is 2.09 bits per heavy atom. The lowest BCUT2D eigenvalue weighted by molar-refractivity contribution is 0.416. The smallest absolute Gasteiger partial charge is 0.349 e. The largest absolute Gasteiger partial charge is 0.422 e. The average molecular weight is 322 g/mol. The minimum absolute atomic E-state index is 0. The molecular formula is C15H16ClN3O3. The Labute approximate surface area is 132 Å². The van der Waals surface area contributed by atoms with Gasteiger partial charge in [0.05, 0.1) is 0 Å². The Bertz CT molecular complexity index is 828. The van der Waals surface area contributed by atoms with E-state index in [9.17, 15) is 4.79 Å². The molecule has 2 heterocycles. The molecule has 3 aromatic rings. The van der Waals surface area contributed by atoms with E-state index in [1.54, 1.807) is 12.1 Å². The fourth-order valence-electron chi connectivity index (χ4n) is 2.03. The van der Waals surface area contributed by atoms with Gasteiger partial charge in [0, 0.05) is 17.8 Å². The van der Waals surface area contributed by atoms with E-state index in [-0.39, 0.29) is 29.9 Å². The number of benzene rings is 1. The fourth-order valence-corrected chi connectivity index (χ4v) is 2.03. The number of nitrogens with zero attached hydrogens (tertiary/aromatic N) is 2. The summed E-state index contributed by atoms with van der Waals surface area (Å²) < 4.78 is 10.4. The number of likely N-dealkylation sites (N-methyl/N-ethyl adjacent to an activating group) is 1. The SMILES string of the molecule is CNC(C)Cc1noc(-c2cc3ccccc3oc2=O)n1.Cl. The second-order valence-corrected chi connectivity index (χ2v) is 4.89. The zero-order chi connectivity index (χ0) is 14.8. The molecule has 0 aliphatic heterocycles. The summed E-state index contributed by atoms with van der Waals surface area (Å²) in [6.45, 7) is 2.01. The molecule has 116 valence electrons. The average Bonchev–Trinajstić information content (AvgIpc) is 2.94. The Hall–Kier alpha value is -2.18. The second kappa shape index (κ2) is 6.72. The van der Waals surface area contributed by atoms with Gasteiger partial charge in [0.25, 0.3) is 5.89 Å². The van der Waals surface area contributed by atoms with Gasteiger partial charge in [0.2, 0.25) is 0 Å². The number of hydrogen-bond donors (Lipinski definition) is 1. The first kappa shape index (κ1) is 16.2. The summed E-state index contributed by atoms with van der Waals surface area (Å²) in [5.41, 5.74) is 0.338. The number of fused-ring (bicyclic) bond motifs is 1. The molecule has 1 unspecified atom stereocenters. The van der Waals surface area contributed by atoms with Gasteiger partial charge in [-0.15, -0.1) is 12.4 Å². The standard InChI is InChI=1S/C15H15N3O3.ClH/c1-9(16-2)7-13-17-14(21-18-13)11-8-10-5-3-4-6-12(10)20-15(11)19;/h3-6,8-9,16H,7H2,1-2H3;1H. The summed E-state index contributed by atoms with van der Waals surface area (Å²) >= 11 is 0. The molecule has 1 N–H and O–H groups in total. The molecule has 2 aromatic heterocycles. The van der Waals surface area contributed by atoms with Gasteiger partial charge in [-0.1, -0.05) is 23.4 Å². The molecule has 22 heavy (non-hydrogen) atoms. The van der Waals surface area contributed by atoms with E-state index in [2.05, 4.69) is 15.5 Å². The zero-order valence-electron chi connectivity index (χ0n) is 12.2. The van der Waals surface area contributed by atoms with E-state index >= 15 is 0 Å². The molecule has 0 aliphatic carbocycles. The minimum atomic E-state index is -0.481.